The highest BCUT2D eigenvalue weighted by Gasteiger charge is 2.19. The molecular weight excluding hydrogens is 258 g/mol. The molecule has 0 saturated carbocycles. The van der Waals surface area contributed by atoms with E-state index < -0.39 is 0 Å². The highest BCUT2D eigenvalue weighted by atomic mass is 32.2. The molecule has 0 radical (unpaired) electrons. The number of H-pyrrole nitrogens is 1. The summed E-state index contributed by atoms with van der Waals surface area (Å²) in [5.41, 5.74) is 7.97. The first-order valence-electron chi connectivity index (χ1n) is 6.18. The number of aromatic nitrogens is 1. The number of nitrogen functional groups attached to an aromatic ring is 1. The smallest absolute Gasteiger partial charge is 0.270 e. The van der Waals surface area contributed by atoms with Crippen LogP contribution in [0.5, 0.6) is 0 Å². The van der Waals surface area contributed by atoms with Crippen LogP contribution in [0, 0.1) is 0 Å². The molecule has 3 N–H and O–H groups in total. The van der Waals surface area contributed by atoms with E-state index in [0.29, 0.717) is 11.4 Å². The summed E-state index contributed by atoms with van der Waals surface area (Å²) in [5.74, 6) is 0.919. The summed E-state index contributed by atoms with van der Waals surface area (Å²) in [6, 6.07) is 7.72. The summed E-state index contributed by atoms with van der Waals surface area (Å²) >= 11 is 1.73. The van der Waals surface area contributed by atoms with Crippen molar-refractivity contribution in [2.45, 2.75) is 13.0 Å². The molecule has 5 heteroatoms. The number of amides is 1. The van der Waals surface area contributed by atoms with Crippen molar-refractivity contribution in [1.82, 2.24) is 9.88 Å². The minimum absolute atomic E-state index is 0.00264. The van der Waals surface area contributed by atoms with Crippen molar-refractivity contribution in [2.75, 3.05) is 24.8 Å². The number of thioether (sulfide) groups is 1. The first-order valence-corrected chi connectivity index (χ1v) is 7.57. The normalized spacial score (nSPS) is 12.6. The lowest BCUT2D eigenvalue weighted by Gasteiger charge is -2.23. The van der Waals surface area contributed by atoms with Crippen molar-refractivity contribution in [2.24, 2.45) is 0 Å². The van der Waals surface area contributed by atoms with E-state index in [2.05, 4.69) is 4.98 Å². The number of carbonyl (C=O) groups excluding carboxylic acids is 1. The Bertz CT molecular complexity index is 593. The van der Waals surface area contributed by atoms with Crippen LogP contribution in [0.4, 0.5) is 5.69 Å². The highest BCUT2D eigenvalue weighted by molar-refractivity contribution is 7.98. The second kappa shape index (κ2) is 5.57. The molecule has 19 heavy (non-hydrogen) atoms. The van der Waals surface area contributed by atoms with Crippen LogP contribution in [0.25, 0.3) is 10.9 Å². The molecule has 4 nitrogen and oxygen atoms in total. The van der Waals surface area contributed by atoms with Crippen LogP contribution in [0.15, 0.2) is 24.3 Å². The van der Waals surface area contributed by atoms with Crippen molar-refractivity contribution in [3.05, 3.63) is 30.0 Å². The minimum atomic E-state index is -0.00264. The molecule has 0 aliphatic carbocycles. The van der Waals surface area contributed by atoms with Crippen LogP contribution in [0.2, 0.25) is 0 Å². The number of fused-ring (bicyclic) bond motifs is 1. The van der Waals surface area contributed by atoms with Crippen LogP contribution in [0.1, 0.15) is 17.4 Å². The van der Waals surface area contributed by atoms with Gasteiger partial charge in [0.25, 0.3) is 5.91 Å². The molecule has 0 saturated heterocycles. The van der Waals surface area contributed by atoms with Crippen molar-refractivity contribution in [3.8, 4) is 0 Å². The maximum atomic E-state index is 12.4. The maximum absolute atomic E-state index is 12.4. The predicted octanol–water partition coefficient (Wildman–Crippen LogP) is 2.57. The molecular formula is C14H19N3OS. The molecule has 0 spiro atoms. The van der Waals surface area contributed by atoms with E-state index in [1.165, 1.54) is 0 Å². The van der Waals surface area contributed by atoms with Crippen LogP contribution < -0.4 is 5.73 Å². The zero-order valence-corrected chi connectivity index (χ0v) is 12.3. The Kier molecular flexibility index (Phi) is 4.04. The van der Waals surface area contributed by atoms with E-state index in [1.54, 1.807) is 16.7 Å². The highest BCUT2D eigenvalue weighted by Crippen LogP contribution is 2.22. The third-order valence-electron chi connectivity index (χ3n) is 3.31. The SMILES string of the molecule is CSCC(C)N(C)C(=O)c1cc2cccc(N)c2[nH]1. The number of anilines is 1. The Morgan fingerprint density at radius 2 is 2.26 bits per heavy atom. The van der Waals surface area contributed by atoms with Gasteiger partial charge < -0.3 is 15.6 Å². The summed E-state index contributed by atoms with van der Waals surface area (Å²) in [6.07, 6.45) is 2.04. The van der Waals surface area contributed by atoms with Crippen LogP contribution in [-0.4, -0.2) is 40.9 Å². The van der Waals surface area contributed by atoms with Gasteiger partial charge in [-0.15, -0.1) is 0 Å². The van der Waals surface area contributed by atoms with Crippen LogP contribution in [-0.2, 0) is 0 Å². The van der Waals surface area contributed by atoms with Crippen molar-refractivity contribution in [1.29, 1.82) is 0 Å². The fraction of sp³-hybridized carbons (Fsp3) is 0.357. The topological polar surface area (TPSA) is 62.1 Å². The lowest BCUT2D eigenvalue weighted by molar-refractivity contribution is 0.0752. The molecule has 102 valence electrons. The molecule has 0 aliphatic heterocycles. The summed E-state index contributed by atoms with van der Waals surface area (Å²) in [5, 5.41) is 0.967. The summed E-state index contributed by atoms with van der Waals surface area (Å²) in [7, 11) is 1.83. The third-order valence-corrected chi connectivity index (χ3v) is 4.12. The number of nitrogens with two attached hydrogens (primary N) is 1. The predicted molar refractivity (Wildman–Crippen MR) is 82.6 cm³/mol. The second-order valence-electron chi connectivity index (χ2n) is 4.71. The number of nitrogens with zero attached hydrogens (tertiary/aromatic N) is 1. The molecule has 0 fully saturated rings. The first-order chi connectivity index (χ1) is 9.04. The molecule has 2 rings (SSSR count). The molecule has 1 amide bonds. The lowest BCUT2D eigenvalue weighted by Crippen LogP contribution is -2.36. The van der Waals surface area contributed by atoms with Gasteiger partial charge in [0.15, 0.2) is 0 Å². The van der Waals surface area contributed by atoms with Crippen molar-refractivity contribution in [3.63, 3.8) is 0 Å². The number of rotatable bonds is 4. The van der Waals surface area contributed by atoms with Crippen molar-refractivity contribution >= 4 is 34.3 Å². The lowest BCUT2D eigenvalue weighted by atomic mass is 10.2. The average Bonchev–Trinajstić information content (AvgIpc) is 2.82. The molecule has 1 heterocycles. The third kappa shape index (κ3) is 2.71. The zero-order valence-electron chi connectivity index (χ0n) is 11.4. The Morgan fingerprint density at radius 3 is 2.89 bits per heavy atom. The number of para-hydroxylation sites is 1. The van der Waals surface area contributed by atoms with Gasteiger partial charge in [0.1, 0.15) is 5.69 Å². The van der Waals surface area contributed by atoms with Gasteiger partial charge in [-0.1, -0.05) is 12.1 Å². The summed E-state index contributed by atoms with van der Waals surface area (Å²) < 4.78 is 0. The van der Waals surface area contributed by atoms with Crippen LogP contribution >= 0.6 is 11.8 Å². The Balaban J connectivity index is 2.29. The van der Waals surface area contributed by atoms with Gasteiger partial charge in [-0.2, -0.15) is 11.8 Å². The Morgan fingerprint density at radius 1 is 1.53 bits per heavy atom. The van der Waals surface area contributed by atoms with Gasteiger partial charge in [0, 0.05) is 24.2 Å². The standard InChI is InChI=1S/C14H19N3OS/c1-9(8-19-3)17(2)14(18)12-7-10-5-4-6-11(15)13(10)16-12/h4-7,9,16H,8,15H2,1-3H3. The van der Waals surface area contributed by atoms with E-state index in [1.807, 2.05) is 44.5 Å². The quantitative estimate of drug-likeness (QED) is 0.844. The first kappa shape index (κ1) is 13.8. The van der Waals surface area contributed by atoms with Gasteiger partial charge >= 0.3 is 0 Å². The maximum Gasteiger partial charge on any atom is 0.270 e. The molecule has 1 aromatic carbocycles. The molecule has 0 aliphatic rings. The van der Waals surface area contributed by atoms with Crippen molar-refractivity contribution < 1.29 is 4.79 Å². The monoisotopic (exact) mass is 277 g/mol. The van der Waals surface area contributed by atoms with E-state index in [-0.39, 0.29) is 11.9 Å². The number of aromatic amines is 1. The number of benzene rings is 1. The van der Waals surface area contributed by atoms with Gasteiger partial charge in [-0.05, 0) is 25.3 Å². The zero-order chi connectivity index (χ0) is 14.0. The molecule has 1 unspecified atom stereocenters. The molecule has 1 atom stereocenters. The number of hydrogen-bond acceptors (Lipinski definition) is 3. The van der Waals surface area contributed by atoms with Gasteiger partial charge in [0.2, 0.25) is 0 Å². The van der Waals surface area contributed by atoms with E-state index >= 15 is 0 Å². The van der Waals surface area contributed by atoms with E-state index in [4.69, 9.17) is 5.73 Å². The van der Waals surface area contributed by atoms with E-state index in [0.717, 1.165) is 16.7 Å². The summed E-state index contributed by atoms with van der Waals surface area (Å²) in [4.78, 5) is 17.3. The Labute approximate surface area is 117 Å². The fourth-order valence-corrected chi connectivity index (χ4v) is 2.74. The minimum Gasteiger partial charge on any atom is -0.397 e. The Hall–Kier alpha value is -1.62. The van der Waals surface area contributed by atoms with Gasteiger partial charge in [-0.3, -0.25) is 4.79 Å². The number of hydrogen-bond donors (Lipinski definition) is 2. The van der Waals surface area contributed by atoms with Gasteiger partial charge in [-0.25, -0.2) is 0 Å². The second-order valence-corrected chi connectivity index (χ2v) is 5.63. The molecule has 2 aromatic rings. The number of nitrogens with one attached hydrogen (secondary N) is 1. The fourth-order valence-electron chi connectivity index (χ4n) is 2.04. The molecule has 0 bridgehead atoms. The number of carbonyl (C=O) groups is 1. The average molecular weight is 277 g/mol. The summed E-state index contributed by atoms with van der Waals surface area (Å²) in [6.45, 7) is 2.05. The van der Waals surface area contributed by atoms with E-state index in [9.17, 15) is 4.79 Å². The largest absolute Gasteiger partial charge is 0.397 e. The molecule has 1 aromatic heterocycles. The van der Waals surface area contributed by atoms with Gasteiger partial charge in [0.05, 0.1) is 11.2 Å². The van der Waals surface area contributed by atoms with Crippen LogP contribution in [0.3, 0.4) is 0 Å².